The highest BCUT2D eigenvalue weighted by Crippen LogP contribution is 2.16. The van der Waals surface area contributed by atoms with Gasteiger partial charge in [0.2, 0.25) is 5.95 Å². The Hall–Kier alpha value is -1.30. The maximum absolute atomic E-state index is 5.65. The van der Waals surface area contributed by atoms with Gasteiger partial charge < -0.3 is 16.9 Å². The summed E-state index contributed by atoms with van der Waals surface area (Å²) in [5.74, 6) is 6.50. The number of nitrogens with zero attached hydrogens (tertiary/aromatic N) is 3. The lowest BCUT2D eigenvalue weighted by Crippen LogP contribution is -2.40. The van der Waals surface area contributed by atoms with Gasteiger partial charge in [-0.1, -0.05) is 6.92 Å². The Balaban J connectivity index is 2.99. The van der Waals surface area contributed by atoms with Crippen LogP contribution in [0.5, 0.6) is 0 Å². The molecule has 6 nitrogen and oxygen atoms in total. The summed E-state index contributed by atoms with van der Waals surface area (Å²) in [7, 11) is 0. The van der Waals surface area contributed by atoms with E-state index in [9.17, 15) is 0 Å². The van der Waals surface area contributed by atoms with Gasteiger partial charge in [-0.3, -0.25) is 0 Å². The highest BCUT2D eigenvalue weighted by molar-refractivity contribution is 5.20. The van der Waals surface area contributed by atoms with Gasteiger partial charge in [0.25, 0.3) is 0 Å². The molecule has 13 heavy (non-hydrogen) atoms. The van der Waals surface area contributed by atoms with Crippen LogP contribution in [0.1, 0.15) is 26.6 Å². The highest BCUT2D eigenvalue weighted by atomic mass is 15.5. The fourth-order valence-corrected chi connectivity index (χ4v) is 1.25. The van der Waals surface area contributed by atoms with Gasteiger partial charge in [0.1, 0.15) is 0 Å². The Morgan fingerprint density at radius 2 is 2.08 bits per heavy atom. The second-order valence-electron chi connectivity index (χ2n) is 3.41. The second-order valence-corrected chi connectivity index (χ2v) is 3.41. The van der Waals surface area contributed by atoms with Gasteiger partial charge in [0.15, 0.2) is 5.82 Å². The first kappa shape index (κ1) is 9.79. The van der Waals surface area contributed by atoms with Crippen molar-refractivity contribution in [2.75, 3.05) is 18.1 Å². The van der Waals surface area contributed by atoms with Crippen molar-refractivity contribution in [2.45, 2.75) is 26.3 Å². The molecule has 0 aliphatic heterocycles. The molecule has 0 spiro atoms. The van der Waals surface area contributed by atoms with E-state index in [-0.39, 0.29) is 11.5 Å². The molecule has 0 aromatic carbocycles. The zero-order valence-corrected chi connectivity index (χ0v) is 8.20. The third-order valence-electron chi connectivity index (χ3n) is 1.90. The summed E-state index contributed by atoms with van der Waals surface area (Å²) in [6.45, 7) is 6.80. The molecule has 5 N–H and O–H groups in total. The number of hydrogen-bond acceptors (Lipinski definition) is 5. The molecular formula is C7H16N6. The number of hydrogen-bond donors (Lipinski definition) is 3. The van der Waals surface area contributed by atoms with Crippen LogP contribution in [-0.2, 0) is 5.54 Å². The fourth-order valence-electron chi connectivity index (χ4n) is 1.25. The number of nitrogens with one attached hydrogen (secondary N) is 1. The molecular weight excluding hydrogens is 168 g/mol. The lowest BCUT2D eigenvalue weighted by molar-refractivity contribution is 0.383. The summed E-state index contributed by atoms with van der Waals surface area (Å²) in [4.78, 5) is 0. The lowest BCUT2D eigenvalue weighted by atomic mass is 10.1. The molecule has 0 aliphatic carbocycles. The van der Waals surface area contributed by atoms with E-state index in [1.54, 1.807) is 0 Å². The maximum Gasteiger partial charge on any atom is 0.240 e. The van der Waals surface area contributed by atoms with Gasteiger partial charge in [-0.2, -0.15) is 0 Å². The summed E-state index contributed by atoms with van der Waals surface area (Å²) in [5.41, 5.74) is 5.16. The molecule has 1 aromatic rings. The summed E-state index contributed by atoms with van der Waals surface area (Å²) in [5, 5.41) is 10.8. The van der Waals surface area contributed by atoms with Crippen LogP contribution in [0.25, 0.3) is 0 Å². The summed E-state index contributed by atoms with van der Waals surface area (Å²) >= 11 is 0. The minimum absolute atomic E-state index is 0.223. The van der Waals surface area contributed by atoms with E-state index < -0.39 is 0 Å². The normalized spacial score (nSPS) is 11.9. The van der Waals surface area contributed by atoms with Crippen molar-refractivity contribution >= 4 is 5.95 Å². The van der Waals surface area contributed by atoms with Crippen LogP contribution in [-0.4, -0.2) is 21.4 Å². The smallest absolute Gasteiger partial charge is 0.240 e. The van der Waals surface area contributed by atoms with Crippen molar-refractivity contribution in [3.63, 3.8) is 0 Å². The zero-order valence-electron chi connectivity index (χ0n) is 8.20. The van der Waals surface area contributed by atoms with E-state index in [1.165, 1.54) is 4.68 Å². The Bertz CT molecular complexity index is 289. The molecule has 0 fully saturated rings. The van der Waals surface area contributed by atoms with Crippen LogP contribution in [0.4, 0.5) is 5.95 Å². The summed E-state index contributed by atoms with van der Waals surface area (Å²) < 4.78 is 1.29. The summed E-state index contributed by atoms with van der Waals surface area (Å²) in [6.07, 6.45) is 0. The second kappa shape index (κ2) is 3.21. The largest absolute Gasteiger partial charge is 0.366 e. The first-order chi connectivity index (χ1) is 5.99. The van der Waals surface area contributed by atoms with E-state index in [4.69, 9.17) is 11.6 Å². The zero-order chi connectivity index (χ0) is 10.1. The van der Waals surface area contributed by atoms with Gasteiger partial charge in [-0.15, -0.1) is 10.2 Å². The van der Waals surface area contributed by atoms with Crippen molar-refractivity contribution in [3.05, 3.63) is 5.82 Å². The molecule has 1 heterocycles. The Morgan fingerprint density at radius 3 is 2.46 bits per heavy atom. The van der Waals surface area contributed by atoms with Gasteiger partial charge in [-0.25, -0.2) is 4.68 Å². The molecule has 74 valence electrons. The molecule has 1 aromatic heterocycles. The highest BCUT2D eigenvalue weighted by Gasteiger charge is 2.26. The van der Waals surface area contributed by atoms with Crippen LogP contribution in [0.15, 0.2) is 0 Å². The molecule has 0 bridgehead atoms. The van der Waals surface area contributed by atoms with Crippen LogP contribution in [0.3, 0.4) is 0 Å². The Labute approximate surface area is 77.3 Å². The van der Waals surface area contributed by atoms with E-state index >= 15 is 0 Å². The van der Waals surface area contributed by atoms with Crippen molar-refractivity contribution < 1.29 is 0 Å². The van der Waals surface area contributed by atoms with Crippen molar-refractivity contribution in [1.29, 1.82) is 0 Å². The molecule has 1 rings (SSSR count). The molecule has 0 radical (unpaired) electrons. The Morgan fingerprint density at radius 1 is 1.46 bits per heavy atom. The SMILES string of the molecule is CCNC(C)(C)c1nnc(N)n1N. The molecule has 0 atom stereocenters. The minimum Gasteiger partial charge on any atom is -0.366 e. The number of anilines is 1. The quantitative estimate of drug-likeness (QED) is 0.546. The van der Waals surface area contributed by atoms with Gasteiger partial charge in [0.05, 0.1) is 5.54 Å². The molecule has 0 amide bonds. The van der Waals surface area contributed by atoms with Crippen LogP contribution < -0.4 is 16.9 Å². The Kier molecular flexibility index (Phi) is 2.42. The third-order valence-corrected chi connectivity index (χ3v) is 1.90. The van der Waals surface area contributed by atoms with Crippen LogP contribution in [0.2, 0.25) is 0 Å². The first-order valence-corrected chi connectivity index (χ1v) is 4.20. The number of rotatable bonds is 3. The van der Waals surface area contributed by atoms with E-state index in [0.29, 0.717) is 5.82 Å². The van der Waals surface area contributed by atoms with Gasteiger partial charge in [-0.05, 0) is 20.4 Å². The fraction of sp³-hybridized carbons (Fsp3) is 0.714. The molecule has 0 saturated carbocycles. The lowest BCUT2D eigenvalue weighted by Gasteiger charge is -2.23. The first-order valence-electron chi connectivity index (χ1n) is 4.20. The number of aromatic nitrogens is 3. The standard InChI is InChI=1S/C7H16N6/c1-4-10-7(2,3)5-11-12-6(8)13(5)9/h10H,4,9H2,1-3H3,(H2,8,12). The van der Waals surface area contributed by atoms with Crippen LogP contribution >= 0.6 is 0 Å². The van der Waals surface area contributed by atoms with Gasteiger partial charge >= 0.3 is 0 Å². The number of nitrogens with two attached hydrogens (primary N) is 2. The van der Waals surface area contributed by atoms with E-state index in [2.05, 4.69) is 15.5 Å². The third kappa shape index (κ3) is 1.72. The van der Waals surface area contributed by atoms with Gasteiger partial charge in [0, 0.05) is 0 Å². The van der Waals surface area contributed by atoms with E-state index in [0.717, 1.165) is 6.54 Å². The predicted octanol–water partition coefficient (Wildman–Crippen LogP) is -0.581. The molecule has 0 aliphatic rings. The monoisotopic (exact) mass is 184 g/mol. The summed E-state index contributed by atoms with van der Waals surface area (Å²) in [6, 6.07) is 0. The maximum atomic E-state index is 5.65. The minimum atomic E-state index is -0.311. The number of nitrogen functional groups attached to an aromatic ring is 2. The van der Waals surface area contributed by atoms with Crippen molar-refractivity contribution in [1.82, 2.24) is 20.2 Å². The topological polar surface area (TPSA) is 94.8 Å². The van der Waals surface area contributed by atoms with Crippen molar-refractivity contribution in [3.8, 4) is 0 Å². The molecule has 0 unspecified atom stereocenters. The molecule has 6 heteroatoms. The average molecular weight is 184 g/mol. The van der Waals surface area contributed by atoms with Crippen molar-refractivity contribution in [2.24, 2.45) is 0 Å². The molecule has 0 saturated heterocycles. The average Bonchev–Trinajstić information content (AvgIpc) is 2.33. The van der Waals surface area contributed by atoms with E-state index in [1.807, 2.05) is 20.8 Å². The van der Waals surface area contributed by atoms with Crippen LogP contribution in [0, 0.1) is 0 Å². The predicted molar refractivity (Wildman–Crippen MR) is 51.3 cm³/mol.